The molecular weight excluding hydrogens is 376 g/mol. The van der Waals surface area contributed by atoms with Gasteiger partial charge in [0, 0.05) is 6.54 Å². The predicted octanol–water partition coefficient (Wildman–Crippen LogP) is 4.24. The molecule has 152 valence electrons. The van der Waals surface area contributed by atoms with E-state index in [-0.39, 0.29) is 0 Å². The molecule has 0 aromatic heterocycles. The Bertz CT molecular complexity index is 1040. The summed E-state index contributed by atoms with van der Waals surface area (Å²) in [6.45, 7) is 3.30. The monoisotopic (exact) mass is 400 g/mol. The zero-order chi connectivity index (χ0) is 20.6. The van der Waals surface area contributed by atoms with E-state index >= 15 is 0 Å². The summed E-state index contributed by atoms with van der Waals surface area (Å²) in [6, 6.07) is 23.8. The summed E-state index contributed by atoms with van der Waals surface area (Å²) in [4.78, 5) is 0. The molecule has 0 bridgehead atoms. The van der Waals surface area contributed by atoms with Gasteiger partial charge < -0.3 is 19.5 Å². The molecule has 0 saturated heterocycles. The van der Waals surface area contributed by atoms with Gasteiger partial charge in [0.25, 0.3) is 0 Å². The first-order chi connectivity index (χ1) is 14.8. The van der Waals surface area contributed by atoms with Crippen molar-refractivity contribution >= 4 is 0 Å². The van der Waals surface area contributed by atoms with Crippen molar-refractivity contribution in [2.75, 3.05) is 19.8 Å². The van der Waals surface area contributed by atoms with Crippen molar-refractivity contribution in [2.45, 2.75) is 19.6 Å². The van der Waals surface area contributed by atoms with Crippen LogP contribution in [0.15, 0.2) is 66.7 Å². The van der Waals surface area contributed by atoms with Gasteiger partial charge in [-0.15, -0.1) is 0 Å². The largest absolute Gasteiger partial charge is 0.489 e. The Morgan fingerprint density at radius 3 is 2.60 bits per heavy atom. The highest BCUT2D eigenvalue weighted by Crippen LogP contribution is 2.30. The third kappa shape index (κ3) is 5.31. The van der Waals surface area contributed by atoms with Crippen molar-refractivity contribution in [3.63, 3.8) is 0 Å². The number of hydrogen-bond acceptors (Lipinski definition) is 5. The van der Waals surface area contributed by atoms with Crippen molar-refractivity contribution < 1.29 is 14.2 Å². The van der Waals surface area contributed by atoms with Crippen LogP contribution in [0, 0.1) is 11.3 Å². The molecule has 1 aliphatic rings. The van der Waals surface area contributed by atoms with E-state index in [0.29, 0.717) is 25.4 Å². The van der Waals surface area contributed by atoms with Crippen LogP contribution < -0.4 is 19.5 Å². The van der Waals surface area contributed by atoms with Gasteiger partial charge in [0.1, 0.15) is 25.6 Å². The first kappa shape index (κ1) is 19.8. The number of benzene rings is 3. The zero-order valence-electron chi connectivity index (χ0n) is 16.8. The van der Waals surface area contributed by atoms with E-state index in [1.165, 1.54) is 11.1 Å². The van der Waals surface area contributed by atoms with Gasteiger partial charge in [-0.25, -0.2) is 0 Å². The summed E-state index contributed by atoms with van der Waals surface area (Å²) in [5, 5.41) is 12.5. The van der Waals surface area contributed by atoms with Crippen LogP contribution in [-0.4, -0.2) is 19.8 Å². The number of hydrogen-bond donors (Lipinski definition) is 1. The molecule has 4 rings (SSSR count). The highest BCUT2D eigenvalue weighted by atomic mass is 16.6. The second-order valence-electron chi connectivity index (χ2n) is 7.15. The molecule has 0 aliphatic carbocycles. The average molecular weight is 400 g/mol. The summed E-state index contributed by atoms with van der Waals surface area (Å²) < 4.78 is 17.1. The fraction of sp³-hybridized carbons (Fsp3) is 0.240. The molecule has 1 N–H and O–H groups in total. The van der Waals surface area contributed by atoms with Crippen molar-refractivity contribution in [3.05, 3.63) is 89.0 Å². The molecular formula is C25H24N2O3. The average Bonchev–Trinajstić information content (AvgIpc) is 2.81. The smallest absolute Gasteiger partial charge is 0.161 e. The number of nitrogens with zero attached hydrogens (tertiary/aromatic N) is 1. The Balaban J connectivity index is 1.25. The van der Waals surface area contributed by atoms with E-state index < -0.39 is 0 Å². The molecule has 0 fully saturated rings. The lowest BCUT2D eigenvalue weighted by Crippen LogP contribution is -2.18. The Morgan fingerprint density at radius 2 is 1.70 bits per heavy atom. The number of fused-ring (bicyclic) bond motifs is 1. The molecule has 5 nitrogen and oxygen atoms in total. The minimum atomic E-state index is 0.441. The SMILES string of the molecule is N#Cc1cccc(COc2cccc(CNCCc3ccc4c(c3)OCCO4)c2)c1. The first-order valence-electron chi connectivity index (χ1n) is 10.1. The van der Waals surface area contributed by atoms with E-state index in [9.17, 15) is 0 Å². The van der Waals surface area contributed by atoms with Crippen molar-refractivity contribution in [1.82, 2.24) is 5.32 Å². The summed E-state index contributed by atoms with van der Waals surface area (Å²) in [5.74, 6) is 2.49. The number of nitriles is 1. The van der Waals surface area contributed by atoms with Crippen LogP contribution in [0.1, 0.15) is 22.3 Å². The van der Waals surface area contributed by atoms with Crippen molar-refractivity contribution in [2.24, 2.45) is 0 Å². The third-order valence-electron chi connectivity index (χ3n) is 4.89. The topological polar surface area (TPSA) is 63.5 Å². The van der Waals surface area contributed by atoms with Gasteiger partial charge in [0.15, 0.2) is 11.5 Å². The molecule has 0 radical (unpaired) electrons. The summed E-state index contributed by atoms with van der Waals surface area (Å²) in [5.41, 5.74) is 4.02. The molecule has 5 heteroatoms. The lowest BCUT2D eigenvalue weighted by molar-refractivity contribution is 0.171. The Kier molecular flexibility index (Phi) is 6.48. The highest BCUT2D eigenvalue weighted by molar-refractivity contribution is 5.44. The van der Waals surface area contributed by atoms with Crippen LogP contribution in [0.4, 0.5) is 0 Å². The van der Waals surface area contributed by atoms with E-state index in [2.05, 4.69) is 29.6 Å². The van der Waals surface area contributed by atoms with Crippen LogP contribution >= 0.6 is 0 Å². The lowest BCUT2D eigenvalue weighted by atomic mass is 10.1. The molecule has 3 aromatic carbocycles. The minimum Gasteiger partial charge on any atom is -0.489 e. The van der Waals surface area contributed by atoms with Crippen molar-refractivity contribution in [3.8, 4) is 23.3 Å². The molecule has 0 spiro atoms. The van der Waals surface area contributed by atoms with E-state index in [0.717, 1.165) is 42.3 Å². The Hall–Kier alpha value is -3.49. The highest BCUT2D eigenvalue weighted by Gasteiger charge is 2.11. The second-order valence-corrected chi connectivity index (χ2v) is 7.15. The third-order valence-corrected chi connectivity index (χ3v) is 4.89. The predicted molar refractivity (Wildman–Crippen MR) is 115 cm³/mol. The Labute approximate surface area is 176 Å². The molecule has 0 atom stereocenters. The molecule has 0 unspecified atom stereocenters. The zero-order valence-corrected chi connectivity index (χ0v) is 16.8. The Morgan fingerprint density at radius 1 is 0.867 bits per heavy atom. The standard InChI is InChI=1S/C25H24N2O3/c26-16-20-3-1-5-22(13-20)18-30-23-6-2-4-21(14-23)17-27-10-9-19-7-8-24-25(15-19)29-12-11-28-24/h1-8,13-15,27H,9-12,17-18H2. The van der Waals surface area contributed by atoms with Gasteiger partial charge in [-0.2, -0.15) is 5.26 Å². The molecule has 1 heterocycles. The van der Waals surface area contributed by atoms with E-state index in [4.69, 9.17) is 19.5 Å². The lowest BCUT2D eigenvalue weighted by Gasteiger charge is -2.18. The van der Waals surface area contributed by atoms with Crippen LogP contribution in [0.3, 0.4) is 0 Å². The molecule has 1 aliphatic heterocycles. The molecule has 0 saturated carbocycles. The first-order valence-corrected chi connectivity index (χ1v) is 10.1. The number of nitrogens with one attached hydrogen (secondary N) is 1. The van der Waals surface area contributed by atoms with Crippen LogP contribution in [-0.2, 0) is 19.6 Å². The summed E-state index contributed by atoms with van der Waals surface area (Å²) >= 11 is 0. The minimum absolute atomic E-state index is 0.441. The second kappa shape index (κ2) is 9.82. The van der Waals surface area contributed by atoms with Crippen LogP contribution in [0.2, 0.25) is 0 Å². The quantitative estimate of drug-likeness (QED) is 0.573. The van der Waals surface area contributed by atoms with Gasteiger partial charge >= 0.3 is 0 Å². The maximum absolute atomic E-state index is 9.00. The maximum atomic E-state index is 9.00. The number of rotatable bonds is 8. The fourth-order valence-corrected chi connectivity index (χ4v) is 3.35. The maximum Gasteiger partial charge on any atom is 0.161 e. The summed E-state index contributed by atoms with van der Waals surface area (Å²) in [7, 11) is 0. The summed E-state index contributed by atoms with van der Waals surface area (Å²) in [6.07, 6.45) is 0.919. The van der Waals surface area contributed by atoms with E-state index in [1.54, 1.807) is 6.07 Å². The molecule has 30 heavy (non-hydrogen) atoms. The van der Waals surface area contributed by atoms with Crippen molar-refractivity contribution in [1.29, 1.82) is 5.26 Å². The number of ether oxygens (including phenoxy) is 3. The van der Waals surface area contributed by atoms with Gasteiger partial charge in [0.2, 0.25) is 0 Å². The normalized spacial score (nSPS) is 12.2. The van der Waals surface area contributed by atoms with Gasteiger partial charge in [-0.05, 0) is 66.1 Å². The van der Waals surface area contributed by atoms with Gasteiger partial charge in [-0.1, -0.05) is 30.3 Å². The molecule has 3 aromatic rings. The molecule has 0 amide bonds. The van der Waals surface area contributed by atoms with Crippen LogP contribution in [0.5, 0.6) is 17.2 Å². The van der Waals surface area contributed by atoms with E-state index in [1.807, 2.05) is 42.5 Å². The van der Waals surface area contributed by atoms with Crippen LogP contribution in [0.25, 0.3) is 0 Å². The van der Waals surface area contributed by atoms with Gasteiger partial charge in [-0.3, -0.25) is 0 Å². The van der Waals surface area contributed by atoms with Gasteiger partial charge in [0.05, 0.1) is 11.6 Å². The fourth-order valence-electron chi connectivity index (χ4n) is 3.35.